The van der Waals surface area contributed by atoms with Crippen molar-refractivity contribution in [3.63, 3.8) is 0 Å². The van der Waals surface area contributed by atoms with Gasteiger partial charge >= 0.3 is 0 Å². The molecule has 1 nitrogen and oxygen atoms in total. The molecule has 1 aromatic carbocycles. The van der Waals surface area contributed by atoms with Crippen molar-refractivity contribution >= 4 is 10.8 Å². The average molecular weight is 215 g/mol. The minimum atomic E-state index is 0.645. The maximum Gasteiger partial charge on any atom is 0.0255 e. The number of unbranched alkanes of at least 4 members (excludes halogenated alkanes) is 2. The summed E-state index contributed by atoms with van der Waals surface area (Å²) in [5, 5.41) is 2.73. The number of aromatic nitrogens is 1. The van der Waals surface area contributed by atoms with Crippen LogP contribution in [0, 0.1) is 0 Å². The minimum Gasteiger partial charge on any atom is -0.364 e. The van der Waals surface area contributed by atoms with Crippen molar-refractivity contribution < 1.29 is 0 Å². The van der Waals surface area contributed by atoms with Gasteiger partial charge in [0.1, 0.15) is 0 Å². The molecule has 86 valence electrons. The Kier molecular flexibility index (Phi) is 3.66. The first kappa shape index (κ1) is 11.3. The van der Waals surface area contributed by atoms with Gasteiger partial charge in [0, 0.05) is 17.3 Å². The topological polar surface area (TPSA) is 15.8 Å². The zero-order valence-electron chi connectivity index (χ0n) is 10.3. The second kappa shape index (κ2) is 5.20. The SMILES string of the molecule is CCCCCC(C)c1[nH]cc2ccccc12. The van der Waals surface area contributed by atoms with Gasteiger partial charge in [-0.3, -0.25) is 0 Å². The molecule has 0 amide bonds. The van der Waals surface area contributed by atoms with Crippen LogP contribution in [0.1, 0.15) is 51.1 Å². The molecule has 1 heteroatoms. The Bertz CT molecular complexity index is 441. The molecule has 1 N–H and O–H groups in total. The van der Waals surface area contributed by atoms with E-state index in [1.54, 1.807) is 0 Å². The number of H-pyrrole nitrogens is 1. The smallest absolute Gasteiger partial charge is 0.0255 e. The highest BCUT2D eigenvalue weighted by Gasteiger charge is 2.10. The molecule has 0 saturated heterocycles. The summed E-state index contributed by atoms with van der Waals surface area (Å²) in [6, 6.07) is 8.62. The van der Waals surface area contributed by atoms with Crippen LogP contribution in [0.3, 0.4) is 0 Å². The molecule has 0 aliphatic carbocycles. The molecular weight excluding hydrogens is 194 g/mol. The summed E-state index contributed by atoms with van der Waals surface area (Å²) in [5.74, 6) is 0.645. The zero-order valence-corrected chi connectivity index (χ0v) is 10.3. The number of aromatic amines is 1. The molecule has 2 rings (SSSR count). The second-order valence-electron chi connectivity index (χ2n) is 4.69. The number of nitrogens with one attached hydrogen (secondary N) is 1. The summed E-state index contributed by atoms with van der Waals surface area (Å²) in [4.78, 5) is 3.44. The van der Waals surface area contributed by atoms with Gasteiger partial charge in [-0.1, -0.05) is 57.4 Å². The molecule has 0 aliphatic heterocycles. The van der Waals surface area contributed by atoms with E-state index in [9.17, 15) is 0 Å². The van der Waals surface area contributed by atoms with Crippen molar-refractivity contribution in [2.75, 3.05) is 0 Å². The fraction of sp³-hybridized carbons (Fsp3) is 0.467. The van der Waals surface area contributed by atoms with Crippen LogP contribution < -0.4 is 0 Å². The van der Waals surface area contributed by atoms with Crippen LogP contribution in [0.4, 0.5) is 0 Å². The summed E-state index contributed by atoms with van der Waals surface area (Å²) in [6.07, 6.45) is 7.41. The van der Waals surface area contributed by atoms with Crippen LogP contribution in [0.5, 0.6) is 0 Å². The van der Waals surface area contributed by atoms with Crippen molar-refractivity contribution in [2.24, 2.45) is 0 Å². The number of hydrogen-bond donors (Lipinski definition) is 1. The standard InChI is InChI=1S/C15H21N/c1-3-4-5-8-12(2)15-14-10-7-6-9-13(14)11-16-15/h6-7,9-12,16H,3-5,8H2,1-2H3. The fourth-order valence-electron chi connectivity index (χ4n) is 2.35. The highest BCUT2D eigenvalue weighted by atomic mass is 14.7. The van der Waals surface area contributed by atoms with Gasteiger partial charge < -0.3 is 4.98 Å². The molecule has 0 bridgehead atoms. The summed E-state index contributed by atoms with van der Waals surface area (Å²) in [5.41, 5.74) is 1.41. The van der Waals surface area contributed by atoms with Gasteiger partial charge in [-0.25, -0.2) is 0 Å². The molecular formula is C15H21N. The predicted octanol–water partition coefficient (Wildman–Crippen LogP) is 4.85. The van der Waals surface area contributed by atoms with Crippen molar-refractivity contribution in [2.45, 2.75) is 45.4 Å². The van der Waals surface area contributed by atoms with Gasteiger partial charge in [-0.2, -0.15) is 0 Å². The van der Waals surface area contributed by atoms with E-state index in [0.717, 1.165) is 0 Å². The molecule has 16 heavy (non-hydrogen) atoms. The van der Waals surface area contributed by atoms with Gasteiger partial charge in [0.05, 0.1) is 0 Å². The lowest BCUT2D eigenvalue weighted by atomic mass is 9.97. The van der Waals surface area contributed by atoms with E-state index >= 15 is 0 Å². The maximum absolute atomic E-state index is 3.44. The van der Waals surface area contributed by atoms with Gasteiger partial charge in [-0.15, -0.1) is 0 Å². The van der Waals surface area contributed by atoms with Gasteiger partial charge in [0.2, 0.25) is 0 Å². The lowest BCUT2D eigenvalue weighted by molar-refractivity contribution is 0.592. The van der Waals surface area contributed by atoms with Crippen LogP contribution in [-0.2, 0) is 0 Å². The Morgan fingerprint density at radius 3 is 2.81 bits per heavy atom. The molecule has 2 aromatic rings. The lowest BCUT2D eigenvalue weighted by Crippen LogP contribution is -1.94. The van der Waals surface area contributed by atoms with Crippen molar-refractivity contribution in [1.29, 1.82) is 0 Å². The van der Waals surface area contributed by atoms with Crippen molar-refractivity contribution in [1.82, 2.24) is 4.98 Å². The van der Waals surface area contributed by atoms with Crippen LogP contribution in [0.25, 0.3) is 10.8 Å². The Morgan fingerprint density at radius 1 is 1.19 bits per heavy atom. The lowest BCUT2D eigenvalue weighted by Gasteiger charge is -2.10. The minimum absolute atomic E-state index is 0.645. The van der Waals surface area contributed by atoms with Crippen molar-refractivity contribution in [3.05, 3.63) is 36.2 Å². The van der Waals surface area contributed by atoms with Gasteiger partial charge in [-0.05, 0) is 17.7 Å². The summed E-state index contributed by atoms with van der Waals surface area (Å²) in [6.45, 7) is 4.59. The average Bonchev–Trinajstić information content (AvgIpc) is 2.73. The number of fused-ring (bicyclic) bond motifs is 1. The van der Waals surface area contributed by atoms with Crippen LogP contribution in [0.2, 0.25) is 0 Å². The molecule has 0 radical (unpaired) electrons. The van der Waals surface area contributed by atoms with Gasteiger partial charge in [0.25, 0.3) is 0 Å². The first-order valence-electron chi connectivity index (χ1n) is 6.39. The third kappa shape index (κ3) is 2.29. The van der Waals surface area contributed by atoms with Crippen LogP contribution in [-0.4, -0.2) is 4.98 Å². The predicted molar refractivity (Wildman–Crippen MR) is 70.9 cm³/mol. The van der Waals surface area contributed by atoms with Gasteiger partial charge in [0.15, 0.2) is 0 Å². The van der Waals surface area contributed by atoms with E-state index in [4.69, 9.17) is 0 Å². The van der Waals surface area contributed by atoms with E-state index in [-0.39, 0.29) is 0 Å². The molecule has 0 saturated carbocycles. The Hall–Kier alpha value is -1.24. The number of benzene rings is 1. The summed E-state index contributed by atoms with van der Waals surface area (Å²) < 4.78 is 0. The monoisotopic (exact) mass is 215 g/mol. The number of hydrogen-bond acceptors (Lipinski definition) is 0. The zero-order chi connectivity index (χ0) is 11.4. The molecule has 0 aliphatic rings. The van der Waals surface area contributed by atoms with E-state index in [1.165, 1.54) is 42.1 Å². The molecule has 1 unspecified atom stereocenters. The second-order valence-corrected chi connectivity index (χ2v) is 4.69. The normalized spacial score (nSPS) is 13.1. The van der Waals surface area contributed by atoms with E-state index in [1.807, 2.05) is 0 Å². The Balaban J connectivity index is 2.13. The van der Waals surface area contributed by atoms with Crippen LogP contribution in [0.15, 0.2) is 30.5 Å². The molecule has 0 spiro atoms. The molecule has 0 fully saturated rings. The molecule has 1 atom stereocenters. The molecule has 1 aromatic heterocycles. The highest BCUT2D eigenvalue weighted by Crippen LogP contribution is 2.28. The van der Waals surface area contributed by atoms with Crippen LogP contribution >= 0.6 is 0 Å². The van der Waals surface area contributed by atoms with E-state index in [2.05, 4.69) is 49.3 Å². The maximum atomic E-state index is 3.44. The Morgan fingerprint density at radius 2 is 2.00 bits per heavy atom. The van der Waals surface area contributed by atoms with E-state index in [0.29, 0.717) is 5.92 Å². The first-order valence-corrected chi connectivity index (χ1v) is 6.39. The summed E-state index contributed by atoms with van der Waals surface area (Å²) >= 11 is 0. The fourth-order valence-corrected chi connectivity index (χ4v) is 2.35. The molecule has 1 heterocycles. The summed E-state index contributed by atoms with van der Waals surface area (Å²) in [7, 11) is 0. The largest absolute Gasteiger partial charge is 0.364 e. The third-order valence-corrected chi connectivity index (χ3v) is 3.37. The number of rotatable bonds is 5. The quantitative estimate of drug-likeness (QED) is 0.686. The highest BCUT2D eigenvalue weighted by molar-refractivity contribution is 5.85. The third-order valence-electron chi connectivity index (χ3n) is 3.37. The van der Waals surface area contributed by atoms with Crippen molar-refractivity contribution in [3.8, 4) is 0 Å². The first-order chi connectivity index (χ1) is 7.83. The van der Waals surface area contributed by atoms with E-state index < -0.39 is 0 Å². The Labute approximate surface area is 97.9 Å².